The summed E-state index contributed by atoms with van der Waals surface area (Å²) in [6.07, 6.45) is 1.62. The smallest absolute Gasteiger partial charge is 0.276 e. The molecule has 0 aliphatic carbocycles. The predicted octanol–water partition coefficient (Wildman–Crippen LogP) is 3.54. The van der Waals surface area contributed by atoms with Crippen LogP contribution in [0.1, 0.15) is 33.4 Å². The van der Waals surface area contributed by atoms with Gasteiger partial charge in [0.1, 0.15) is 18.0 Å². The molecule has 0 fully saturated rings. The summed E-state index contributed by atoms with van der Waals surface area (Å²) in [5, 5.41) is 8.25. The minimum Gasteiger partial charge on any atom is -0.355 e. The summed E-state index contributed by atoms with van der Waals surface area (Å²) in [7, 11) is 1.79. The predicted molar refractivity (Wildman–Crippen MR) is 106 cm³/mol. The Bertz CT molecular complexity index is 1280. The van der Waals surface area contributed by atoms with Crippen LogP contribution in [0.4, 0.5) is 8.78 Å². The summed E-state index contributed by atoms with van der Waals surface area (Å²) in [6, 6.07) is 12.3. The Kier molecular flexibility index (Phi) is 4.58. The van der Waals surface area contributed by atoms with Crippen molar-refractivity contribution < 1.29 is 18.1 Å². The molecule has 7 nitrogen and oxygen atoms in total. The van der Waals surface area contributed by atoms with Crippen molar-refractivity contribution in [2.45, 2.75) is 12.5 Å². The zero-order valence-corrected chi connectivity index (χ0v) is 16.5. The lowest BCUT2D eigenvalue weighted by Crippen LogP contribution is -2.39. The SMILES string of the molecule is Cn1cnc(C2CN(C(=O)c3cc(-c4ccc(F)cc4F)on3)Cc3ccccc32)n1. The van der Waals surface area contributed by atoms with Crippen molar-refractivity contribution in [3.63, 3.8) is 0 Å². The monoisotopic (exact) mass is 421 g/mol. The van der Waals surface area contributed by atoms with E-state index in [0.717, 1.165) is 23.3 Å². The van der Waals surface area contributed by atoms with Crippen molar-refractivity contribution in [2.75, 3.05) is 6.54 Å². The highest BCUT2D eigenvalue weighted by atomic mass is 19.1. The van der Waals surface area contributed by atoms with E-state index in [4.69, 9.17) is 4.52 Å². The Hall–Kier alpha value is -3.88. The normalized spacial score (nSPS) is 15.7. The van der Waals surface area contributed by atoms with Gasteiger partial charge in [-0.25, -0.2) is 13.8 Å². The molecule has 3 heterocycles. The van der Waals surface area contributed by atoms with Gasteiger partial charge in [0, 0.05) is 32.3 Å². The van der Waals surface area contributed by atoms with Gasteiger partial charge in [0.2, 0.25) is 0 Å². The number of hydrogen-bond donors (Lipinski definition) is 0. The maximum absolute atomic E-state index is 14.1. The maximum Gasteiger partial charge on any atom is 0.276 e. The molecule has 0 spiro atoms. The molecule has 1 aliphatic rings. The number of hydrogen-bond acceptors (Lipinski definition) is 5. The molecule has 1 unspecified atom stereocenters. The lowest BCUT2D eigenvalue weighted by molar-refractivity contribution is 0.0713. The van der Waals surface area contributed by atoms with Crippen LogP contribution >= 0.6 is 0 Å². The van der Waals surface area contributed by atoms with Crippen LogP contribution in [0.2, 0.25) is 0 Å². The maximum atomic E-state index is 14.1. The minimum absolute atomic E-state index is 0.0347. The van der Waals surface area contributed by atoms with Crippen LogP contribution in [0.15, 0.2) is 59.4 Å². The molecule has 0 saturated carbocycles. The third-order valence-corrected chi connectivity index (χ3v) is 5.34. The summed E-state index contributed by atoms with van der Waals surface area (Å²) < 4.78 is 34.1. The molecular formula is C22H17F2N5O2. The fourth-order valence-corrected chi connectivity index (χ4v) is 3.85. The third-order valence-electron chi connectivity index (χ3n) is 5.34. The number of amides is 1. The summed E-state index contributed by atoms with van der Waals surface area (Å²) in [6.45, 7) is 0.762. The molecule has 31 heavy (non-hydrogen) atoms. The van der Waals surface area contributed by atoms with E-state index >= 15 is 0 Å². The highest BCUT2D eigenvalue weighted by Gasteiger charge is 2.33. The van der Waals surface area contributed by atoms with Gasteiger partial charge in [-0.2, -0.15) is 5.10 Å². The van der Waals surface area contributed by atoms with Gasteiger partial charge in [0.25, 0.3) is 5.91 Å². The van der Waals surface area contributed by atoms with Crippen LogP contribution < -0.4 is 0 Å². The number of halogens is 2. The first-order valence-corrected chi connectivity index (χ1v) is 9.64. The van der Waals surface area contributed by atoms with Gasteiger partial charge >= 0.3 is 0 Å². The molecule has 2 aromatic heterocycles. The molecule has 5 rings (SSSR count). The Labute approximate surface area is 175 Å². The summed E-state index contributed by atoms with van der Waals surface area (Å²) in [4.78, 5) is 19.2. The van der Waals surface area contributed by atoms with Crippen molar-refractivity contribution in [3.8, 4) is 11.3 Å². The van der Waals surface area contributed by atoms with Gasteiger partial charge in [-0.1, -0.05) is 29.4 Å². The van der Waals surface area contributed by atoms with Crippen LogP contribution in [-0.2, 0) is 13.6 Å². The second-order valence-electron chi connectivity index (χ2n) is 7.41. The average molecular weight is 421 g/mol. The van der Waals surface area contributed by atoms with Gasteiger partial charge < -0.3 is 9.42 Å². The van der Waals surface area contributed by atoms with Gasteiger partial charge in [-0.15, -0.1) is 0 Å². The van der Waals surface area contributed by atoms with Crippen molar-refractivity contribution in [1.82, 2.24) is 24.8 Å². The van der Waals surface area contributed by atoms with Gasteiger partial charge in [-0.05, 0) is 23.3 Å². The minimum atomic E-state index is -0.789. The lowest BCUT2D eigenvalue weighted by atomic mass is 9.89. The second kappa shape index (κ2) is 7.42. The number of carbonyl (C=O) groups is 1. The lowest BCUT2D eigenvalue weighted by Gasteiger charge is -2.33. The summed E-state index contributed by atoms with van der Waals surface area (Å²) in [5.41, 5.74) is 2.15. The first-order valence-electron chi connectivity index (χ1n) is 9.64. The quantitative estimate of drug-likeness (QED) is 0.506. The standard InChI is InChI=1S/C22H17F2N5O2/c1-28-12-25-21(26-28)17-11-29(10-13-4-2-3-5-15(13)17)22(30)19-9-20(31-27-19)16-7-6-14(23)8-18(16)24/h2-9,12,17H,10-11H2,1H3. The van der Waals surface area contributed by atoms with Crippen molar-refractivity contribution in [3.05, 3.63) is 89.1 Å². The fourth-order valence-electron chi connectivity index (χ4n) is 3.85. The molecule has 0 N–H and O–H groups in total. The molecule has 1 atom stereocenters. The van der Waals surface area contributed by atoms with Crippen molar-refractivity contribution >= 4 is 5.91 Å². The van der Waals surface area contributed by atoms with E-state index < -0.39 is 11.6 Å². The van der Waals surface area contributed by atoms with Gasteiger partial charge in [0.15, 0.2) is 17.3 Å². The fraction of sp³-hybridized carbons (Fsp3) is 0.182. The van der Waals surface area contributed by atoms with Crippen LogP contribution in [0.3, 0.4) is 0 Å². The van der Waals surface area contributed by atoms with E-state index in [1.807, 2.05) is 24.3 Å². The number of benzene rings is 2. The third kappa shape index (κ3) is 3.48. The molecule has 0 bridgehead atoms. The summed E-state index contributed by atoms with van der Waals surface area (Å²) in [5.74, 6) is -1.34. The average Bonchev–Trinajstić information content (AvgIpc) is 3.42. The Balaban J connectivity index is 1.45. The van der Waals surface area contributed by atoms with E-state index in [1.165, 1.54) is 12.1 Å². The van der Waals surface area contributed by atoms with E-state index in [2.05, 4.69) is 15.2 Å². The molecule has 0 radical (unpaired) electrons. The van der Waals surface area contributed by atoms with Gasteiger partial charge in [-0.3, -0.25) is 9.48 Å². The molecule has 9 heteroatoms. The number of aryl methyl sites for hydroxylation is 1. The highest BCUT2D eigenvalue weighted by molar-refractivity contribution is 5.93. The van der Waals surface area contributed by atoms with Crippen molar-refractivity contribution in [2.24, 2.45) is 7.05 Å². The van der Waals surface area contributed by atoms with E-state index in [0.29, 0.717) is 18.9 Å². The molecule has 2 aromatic carbocycles. The zero-order valence-electron chi connectivity index (χ0n) is 16.5. The Morgan fingerprint density at radius 1 is 1.16 bits per heavy atom. The van der Waals surface area contributed by atoms with Crippen LogP contribution in [0, 0.1) is 11.6 Å². The summed E-state index contributed by atoms with van der Waals surface area (Å²) >= 11 is 0. The number of aromatic nitrogens is 4. The zero-order chi connectivity index (χ0) is 21.5. The van der Waals surface area contributed by atoms with Crippen LogP contribution in [0.5, 0.6) is 0 Å². The number of carbonyl (C=O) groups excluding carboxylic acids is 1. The van der Waals surface area contributed by atoms with E-state index in [1.54, 1.807) is 23.0 Å². The van der Waals surface area contributed by atoms with E-state index in [9.17, 15) is 13.6 Å². The molecular weight excluding hydrogens is 404 g/mol. The highest BCUT2D eigenvalue weighted by Crippen LogP contribution is 2.33. The number of rotatable bonds is 3. The Morgan fingerprint density at radius 3 is 2.77 bits per heavy atom. The molecule has 156 valence electrons. The van der Waals surface area contributed by atoms with Crippen molar-refractivity contribution in [1.29, 1.82) is 0 Å². The molecule has 4 aromatic rings. The van der Waals surface area contributed by atoms with Crippen LogP contribution in [-0.4, -0.2) is 37.3 Å². The Morgan fingerprint density at radius 2 is 2.00 bits per heavy atom. The first kappa shape index (κ1) is 19.1. The number of nitrogens with zero attached hydrogens (tertiary/aromatic N) is 5. The van der Waals surface area contributed by atoms with Crippen LogP contribution in [0.25, 0.3) is 11.3 Å². The molecule has 0 saturated heterocycles. The largest absolute Gasteiger partial charge is 0.355 e. The molecule has 1 aliphatic heterocycles. The first-order chi connectivity index (χ1) is 15.0. The topological polar surface area (TPSA) is 77.0 Å². The number of fused-ring (bicyclic) bond motifs is 1. The second-order valence-corrected chi connectivity index (χ2v) is 7.41. The molecule has 1 amide bonds. The van der Waals surface area contributed by atoms with Gasteiger partial charge in [0.05, 0.1) is 11.5 Å². The van der Waals surface area contributed by atoms with E-state index in [-0.39, 0.29) is 28.8 Å².